The summed E-state index contributed by atoms with van der Waals surface area (Å²) in [6.07, 6.45) is -3.08. The number of benzene rings is 1. The fourth-order valence-electron chi connectivity index (χ4n) is 1.82. The molecule has 112 valence electrons. The van der Waals surface area contributed by atoms with Gasteiger partial charge in [-0.3, -0.25) is 4.79 Å². The summed E-state index contributed by atoms with van der Waals surface area (Å²) in [5.41, 5.74) is -0.517. The third-order valence-electron chi connectivity index (χ3n) is 2.87. The van der Waals surface area contributed by atoms with Gasteiger partial charge in [-0.05, 0) is 29.8 Å². The number of alkyl halides is 3. The number of nitrogens with zero attached hydrogens (tertiary/aromatic N) is 1. The number of anilines is 1. The highest BCUT2D eigenvalue weighted by Crippen LogP contribution is 2.30. The van der Waals surface area contributed by atoms with Gasteiger partial charge in [0.15, 0.2) is 0 Å². The molecule has 0 atom stereocenters. The molecule has 2 rings (SSSR count). The predicted molar refractivity (Wildman–Crippen MR) is 70.4 cm³/mol. The second-order valence-electron chi connectivity index (χ2n) is 4.57. The molecule has 0 amide bonds. The first-order valence-electron chi connectivity index (χ1n) is 6.03. The van der Waals surface area contributed by atoms with Crippen molar-refractivity contribution in [2.45, 2.75) is 12.7 Å². The highest BCUT2D eigenvalue weighted by atomic mass is 19.4. The normalized spacial score (nSPS) is 11.5. The summed E-state index contributed by atoms with van der Waals surface area (Å²) in [7, 11) is 1.55. The molecular weight excluding hydrogens is 288 g/mol. The summed E-state index contributed by atoms with van der Waals surface area (Å²) in [5.74, 6) is -0.943. The van der Waals surface area contributed by atoms with E-state index in [1.807, 2.05) is 0 Å². The van der Waals surface area contributed by atoms with Gasteiger partial charge >= 0.3 is 6.18 Å². The number of aryl methyl sites for hydroxylation is 1. The topological polar surface area (TPSA) is 34.0 Å². The van der Waals surface area contributed by atoms with Crippen molar-refractivity contribution in [3.63, 3.8) is 0 Å². The second kappa shape index (κ2) is 5.59. The van der Waals surface area contributed by atoms with Crippen molar-refractivity contribution in [2.75, 3.05) is 5.32 Å². The Morgan fingerprint density at radius 2 is 1.90 bits per heavy atom. The van der Waals surface area contributed by atoms with Gasteiger partial charge in [-0.25, -0.2) is 4.39 Å². The van der Waals surface area contributed by atoms with Crippen molar-refractivity contribution in [3.8, 4) is 0 Å². The van der Waals surface area contributed by atoms with E-state index >= 15 is 0 Å². The van der Waals surface area contributed by atoms with E-state index in [0.29, 0.717) is 11.8 Å². The van der Waals surface area contributed by atoms with Gasteiger partial charge in [-0.15, -0.1) is 0 Å². The molecule has 1 aromatic heterocycles. The number of hydrogen-bond donors (Lipinski definition) is 1. The molecule has 0 saturated heterocycles. The van der Waals surface area contributed by atoms with Crippen LogP contribution in [0.4, 0.5) is 23.2 Å². The average molecular weight is 300 g/mol. The molecule has 21 heavy (non-hydrogen) atoms. The fourth-order valence-corrected chi connectivity index (χ4v) is 1.82. The van der Waals surface area contributed by atoms with Gasteiger partial charge in [0.25, 0.3) is 0 Å². The summed E-state index contributed by atoms with van der Waals surface area (Å²) in [6, 6.07) is 5.21. The molecule has 3 nitrogen and oxygen atoms in total. The Hall–Kier alpha value is -2.31. The van der Waals surface area contributed by atoms with E-state index in [2.05, 4.69) is 5.32 Å². The van der Waals surface area contributed by atoms with Crippen molar-refractivity contribution in [1.29, 1.82) is 0 Å². The Morgan fingerprint density at radius 1 is 1.19 bits per heavy atom. The van der Waals surface area contributed by atoms with Crippen molar-refractivity contribution in [3.05, 3.63) is 63.8 Å². The van der Waals surface area contributed by atoms with Crippen molar-refractivity contribution in [2.24, 2.45) is 7.05 Å². The van der Waals surface area contributed by atoms with Gasteiger partial charge in [0.1, 0.15) is 5.82 Å². The number of halogens is 4. The quantitative estimate of drug-likeness (QED) is 0.884. The zero-order valence-electron chi connectivity index (χ0n) is 11.0. The molecular formula is C14H12F4N2O. The zero-order valence-corrected chi connectivity index (χ0v) is 11.0. The second-order valence-corrected chi connectivity index (χ2v) is 4.57. The number of aromatic nitrogens is 1. The summed E-state index contributed by atoms with van der Waals surface area (Å²) in [4.78, 5) is 11.2. The van der Waals surface area contributed by atoms with Crippen LogP contribution in [0.15, 0.2) is 41.3 Å². The average Bonchev–Trinajstić information content (AvgIpc) is 2.38. The molecule has 0 spiro atoms. The third kappa shape index (κ3) is 3.84. The Kier molecular flexibility index (Phi) is 4.02. The van der Waals surface area contributed by atoms with Crippen molar-refractivity contribution >= 4 is 5.69 Å². The zero-order chi connectivity index (χ0) is 15.6. The summed E-state index contributed by atoms with van der Waals surface area (Å²) in [6.45, 7) is 0.0129. The maximum atomic E-state index is 13.2. The van der Waals surface area contributed by atoms with Gasteiger partial charge in [0, 0.05) is 25.9 Å². The maximum absolute atomic E-state index is 13.2. The number of hydrogen-bond acceptors (Lipinski definition) is 2. The standard InChI is InChI=1S/C14H12F4N2O/c1-20-8-12(2-3-13(20)21)19-7-9-4-10(14(16,17)18)6-11(15)5-9/h2-6,8,19H,7H2,1H3. The first kappa shape index (κ1) is 15.1. The summed E-state index contributed by atoms with van der Waals surface area (Å²) < 4.78 is 52.3. The van der Waals surface area contributed by atoms with Crippen LogP contribution >= 0.6 is 0 Å². The molecule has 0 unspecified atom stereocenters. The Labute approximate surface area is 117 Å². The fraction of sp³-hybridized carbons (Fsp3) is 0.214. The lowest BCUT2D eigenvalue weighted by molar-refractivity contribution is -0.137. The molecule has 7 heteroatoms. The number of nitrogens with one attached hydrogen (secondary N) is 1. The first-order valence-corrected chi connectivity index (χ1v) is 6.03. The minimum atomic E-state index is -4.59. The SMILES string of the molecule is Cn1cc(NCc2cc(F)cc(C(F)(F)F)c2)ccc1=O. The minimum Gasteiger partial charge on any atom is -0.380 e. The Bertz CT molecular complexity index is 707. The molecule has 1 N–H and O–H groups in total. The van der Waals surface area contributed by atoms with Crippen LogP contribution < -0.4 is 10.9 Å². The summed E-state index contributed by atoms with van der Waals surface area (Å²) in [5, 5.41) is 2.84. The van der Waals surface area contributed by atoms with Crippen molar-refractivity contribution in [1.82, 2.24) is 4.57 Å². The molecule has 1 aromatic carbocycles. The van der Waals surface area contributed by atoms with E-state index in [4.69, 9.17) is 0 Å². The smallest absolute Gasteiger partial charge is 0.380 e. The first-order chi connectivity index (χ1) is 9.75. The Morgan fingerprint density at radius 3 is 2.52 bits per heavy atom. The molecule has 0 aliphatic rings. The highest BCUT2D eigenvalue weighted by Gasteiger charge is 2.31. The lowest BCUT2D eigenvalue weighted by atomic mass is 10.1. The molecule has 0 fully saturated rings. The monoisotopic (exact) mass is 300 g/mol. The lowest BCUT2D eigenvalue weighted by Gasteiger charge is -2.11. The predicted octanol–water partition coefficient (Wildman–Crippen LogP) is 3.16. The van der Waals surface area contributed by atoms with Crippen LogP contribution in [0.1, 0.15) is 11.1 Å². The third-order valence-corrected chi connectivity index (χ3v) is 2.87. The van der Waals surface area contributed by atoms with Crippen LogP contribution in [-0.2, 0) is 19.8 Å². The van der Waals surface area contributed by atoms with Crippen LogP contribution in [0, 0.1) is 5.82 Å². The highest BCUT2D eigenvalue weighted by molar-refractivity contribution is 5.41. The van der Waals surface area contributed by atoms with Crippen LogP contribution in [-0.4, -0.2) is 4.57 Å². The van der Waals surface area contributed by atoms with Gasteiger partial charge < -0.3 is 9.88 Å². The van der Waals surface area contributed by atoms with Gasteiger partial charge in [0.2, 0.25) is 5.56 Å². The van der Waals surface area contributed by atoms with E-state index in [1.165, 1.54) is 22.9 Å². The van der Waals surface area contributed by atoms with E-state index in [-0.39, 0.29) is 17.7 Å². The largest absolute Gasteiger partial charge is 0.416 e. The number of rotatable bonds is 3. The van der Waals surface area contributed by atoms with Crippen LogP contribution in [0.5, 0.6) is 0 Å². The molecule has 0 bridgehead atoms. The molecule has 0 aliphatic heterocycles. The van der Waals surface area contributed by atoms with Crippen LogP contribution in [0.2, 0.25) is 0 Å². The van der Waals surface area contributed by atoms with E-state index in [9.17, 15) is 22.4 Å². The molecule has 2 aromatic rings. The Balaban J connectivity index is 2.18. The molecule has 0 radical (unpaired) electrons. The van der Waals surface area contributed by atoms with Gasteiger partial charge in [-0.2, -0.15) is 13.2 Å². The summed E-state index contributed by atoms with van der Waals surface area (Å²) >= 11 is 0. The van der Waals surface area contributed by atoms with E-state index in [1.54, 1.807) is 7.05 Å². The molecule has 0 saturated carbocycles. The number of pyridine rings is 1. The van der Waals surface area contributed by atoms with Crippen molar-refractivity contribution < 1.29 is 17.6 Å². The molecule has 0 aliphatic carbocycles. The van der Waals surface area contributed by atoms with Gasteiger partial charge in [0.05, 0.1) is 11.3 Å². The van der Waals surface area contributed by atoms with E-state index in [0.717, 1.165) is 12.1 Å². The molecule has 1 heterocycles. The van der Waals surface area contributed by atoms with Crippen LogP contribution in [0.3, 0.4) is 0 Å². The lowest BCUT2D eigenvalue weighted by Crippen LogP contribution is -2.15. The van der Waals surface area contributed by atoms with Crippen LogP contribution in [0.25, 0.3) is 0 Å². The van der Waals surface area contributed by atoms with E-state index < -0.39 is 17.6 Å². The van der Waals surface area contributed by atoms with Gasteiger partial charge in [-0.1, -0.05) is 0 Å². The minimum absolute atomic E-state index is 0.0129. The maximum Gasteiger partial charge on any atom is 0.416 e.